The van der Waals surface area contributed by atoms with Crippen molar-refractivity contribution in [2.75, 3.05) is 11.9 Å². The summed E-state index contributed by atoms with van der Waals surface area (Å²) < 4.78 is 7.02. The maximum Gasteiger partial charge on any atom is 0.255 e. The molecule has 0 atom stereocenters. The normalized spacial score (nSPS) is 11.1. The molecule has 0 N–H and O–H groups in total. The van der Waals surface area contributed by atoms with E-state index in [1.165, 1.54) is 6.33 Å². The Balaban J connectivity index is 2.07. The molecular formula is C12H12ClN5O. The molecule has 98 valence electrons. The van der Waals surface area contributed by atoms with E-state index in [0.717, 1.165) is 17.1 Å². The lowest BCUT2D eigenvalue weighted by Crippen LogP contribution is -2.21. The molecule has 0 aromatic carbocycles. The van der Waals surface area contributed by atoms with E-state index in [9.17, 15) is 0 Å². The molecule has 19 heavy (non-hydrogen) atoms. The monoisotopic (exact) mass is 277 g/mol. The number of nitrogens with zero attached hydrogens (tertiary/aromatic N) is 5. The molecule has 0 radical (unpaired) electrons. The van der Waals surface area contributed by atoms with Gasteiger partial charge in [0, 0.05) is 12.6 Å². The first kappa shape index (κ1) is 12.0. The summed E-state index contributed by atoms with van der Waals surface area (Å²) in [5.41, 5.74) is 0.855. The van der Waals surface area contributed by atoms with Gasteiger partial charge in [-0.2, -0.15) is 19.6 Å². The zero-order valence-corrected chi connectivity index (χ0v) is 11.3. The van der Waals surface area contributed by atoms with Crippen molar-refractivity contribution < 1.29 is 4.42 Å². The van der Waals surface area contributed by atoms with Crippen molar-refractivity contribution in [3.63, 3.8) is 0 Å². The van der Waals surface area contributed by atoms with Crippen LogP contribution in [-0.2, 0) is 6.54 Å². The molecule has 0 saturated carbocycles. The van der Waals surface area contributed by atoms with Crippen LogP contribution in [0, 0.1) is 6.92 Å². The molecule has 0 fully saturated rings. The second-order valence-electron chi connectivity index (χ2n) is 4.26. The van der Waals surface area contributed by atoms with Gasteiger partial charge in [0.15, 0.2) is 0 Å². The van der Waals surface area contributed by atoms with E-state index in [2.05, 4.69) is 15.1 Å². The molecular weight excluding hydrogens is 266 g/mol. The van der Waals surface area contributed by atoms with Gasteiger partial charge in [-0.1, -0.05) is 11.6 Å². The summed E-state index contributed by atoms with van der Waals surface area (Å²) >= 11 is 6.13. The molecule has 7 heteroatoms. The lowest BCUT2D eigenvalue weighted by molar-refractivity contribution is 0.506. The highest BCUT2D eigenvalue weighted by atomic mass is 35.5. The van der Waals surface area contributed by atoms with Crippen molar-refractivity contribution in [3.05, 3.63) is 41.2 Å². The van der Waals surface area contributed by atoms with E-state index in [1.807, 2.05) is 31.0 Å². The molecule has 0 aliphatic heterocycles. The molecule has 0 saturated heterocycles. The van der Waals surface area contributed by atoms with Crippen LogP contribution in [0.4, 0.5) is 5.82 Å². The number of hydrogen-bond acceptors (Lipinski definition) is 5. The molecule has 0 unspecified atom stereocenters. The quantitative estimate of drug-likeness (QED) is 0.688. The molecule has 0 bridgehead atoms. The summed E-state index contributed by atoms with van der Waals surface area (Å²) in [4.78, 5) is 10.3. The van der Waals surface area contributed by atoms with Crippen LogP contribution < -0.4 is 4.90 Å². The highest BCUT2D eigenvalue weighted by molar-refractivity contribution is 6.30. The van der Waals surface area contributed by atoms with Gasteiger partial charge in [-0.15, -0.1) is 0 Å². The van der Waals surface area contributed by atoms with Crippen LogP contribution in [0.5, 0.6) is 0 Å². The number of fused-ring (bicyclic) bond motifs is 1. The van der Waals surface area contributed by atoms with Gasteiger partial charge in [-0.25, -0.2) is 0 Å². The molecule has 3 heterocycles. The second-order valence-corrected chi connectivity index (χ2v) is 4.62. The predicted molar refractivity (Wildman–Crippen MR) is 71.3 cm³/mol. The Bertz CT molecular complexity index is 706. The number of halogens is 1. The van der Waals surface area contributed by atoms with Gasteiger partial charge in [0.05, 0.1) is 12.8 Å². The Labute approximate surface area is 114 Å². The van der Waals surface area contributed by atoms with Gasteiger partial charge < -0.3 is 9.32 Å². The summed E-state index contributed by atoms with van der Waals surface area (Å²) in [5.74, 6) is 2.20. The minimum absolute atomic E-state index is 0.432. The van der Waals surface area contributed by atoms with Crippen molar-refractivity contribution in [1.29, 1.82) is 0 Å². The van der Waals surface area contributed by atoms with Gasteiger partial charge in [-0.3, -0.25) is 0 Å². The Hall–Kier alpha value is -2.08. The number of hydrogen-bond donors (Lipinski definition) is 0. The number of furan rings is 1. The average molecular weight is 278 g/mol. The summed E-state index contributed by atoms with van der Waals surface area (Å²) in [6, 6.07) is 3.79. The van der Waals surface area contributed by atoms with Crippen molar-refractivity contribution in [2.45, 2.75) is 13.5 Å². The molecule has 3 aromatic heterocycles. The Morgan fingerprint density at radius 3 is 3.05 bits per heavy atom. The first-order chi connectivity index (χ1) is 9.16. The molecule has 0 aliphatic carbocycles. The summed E-state index contributed by atoms with van der Waals surface area (Å²) in [7, 11) is 1.95. The number of anilines is 1. The van der Waals surface area contributed by atoms with Gasteiger partial charge in [-0.05, 0) is 19.1 Å². The summed E-state index contributed by atoms with van der Waals surface area (Å²) in [6.07, 6.45) is 3.11. The largest absolute Gasteiger partial charge is 0.467 e. The lowest BCUT2D eigenvalue weighted by atomic mass is 10.3. The third-order valence-electron chi connectivity index (χ3n) is 2.91. The number of aromatic nitrogens is 4. The van der Waals surface area contributed by atoms with E-state index in [0.29, 0.717) is 17.5 Å². The zero-order chi connectivity index (χ0) is 13.4. The van der Waals surface area contributed by atoms with Gasteiger partial charge in [0.2, 0.25) is 0 Å². The summed E-state index contributed by atoms with van der Waals surface area (Å²) in [5, 5.41) is 4.62. The fraction of sp³-hybridized carbons (Fsp3) is 0.250. The van der Waals surface area contributed by atoms with E-state index in [1.54, 1.807) is 10.8 Å². The first-order valence-electron chi connectivity index (χ1n) is 5.76. The van der Waals surface area contributed by atoms with Crippen LogP contribution in [-0.4, -0.2) is 26.6 Å². The molecule has 3 aromatic rings. The third kappa shape index (κ3) is 2.04. The van der Waals surface area contributed by atoms with Crippen molar-refractivity contribution in [3.8, 4) is 0 Å². The summed E-state index contributed by atoms with van der Waals surface area (Å²) in [6.45, 7) is 2.52. The minimum atomic E-state index is 0.432. The molecule has 0 spiro atoms. The van der Waals surface area contributed by atoms with Gasteiger partial charge in [0.1, 0.15) is 23.1 Å². The highest BCUT2D eigenvalue weighted by Gasteiger charge is 2.16. The highest BCUT2D eigenvalue weighted by Crippen LogP contribution is 2.25. The van der Waals surface area contributed by atoms with E-state index in [4.69, 9.17) is 16.0 Å². The second kappa shape index (κ2) is 4.55. The van der Waals surface area contributed by atoms with Gasteiger partial charge >= 0.3 is 0 Å². The number of rotatable bonds is 3. The van der Waals surface area contributed by atoms with Crippen LogP contribution in [0.2, 0.25) is 5.15 Å². The standard InChI is InChI=1S/C12H12ClN5O/c1-8-10(13)16-12-14-7-15-18(12)11(8)17(2)6-9-4-3-5-19-9/h3-5,7H,6H2,1-2H3. The lowest BCUT2D eigenvalue weighted by Gasteiger charge is -2.20. The molecule has 0 aliphatic rings. The van der Waals surface area contributed by atoms with Crippen LogP contribution in [0.3, 0.4) is 0 Å². The minimum Gasteiger partial charge on any atom is -0.467 e. The van der Waals surface area contributed by atoms with Crippen molar-refractivity contribution in [1.82, 2.24) is 19.6 Å². The van der Waals surface area contributed by atoms with E-state index >= 15 is 0 Å². The van der Waals surface area contributed by atoms with Crippen LogP contribution in [0.15, 0.2) is 29.1 Å². The van der Waals surface area contributed by atoms with Gasteiger partial charge in [0.25, 0.3) is 5.78 Å². The maximum atomic E-state index is 6.13. The fourth-order valence-electron chi connectivity index (χ4n) is 2.04. The van der Waals surface area contributed by atoms with E-state index in [-0.39, 0.29) is 0 Å². The Kier molecular flexibility index (Phi) is 2.87. The first-order valence-corrected chi connectivity index (χ1v) is 6.14. The van der Waals surface area contributed by atoms with Crippen LogP contribution in [0.1, 0.15) is 11.3 Å². The average Bonchev–Trinajstić information content (AvgIpc) is 3.01. The van der Waals surface area contributed by atoms with E-state index < -0.39 is 0 Å². The Morgan fingerprint density at radius 1 is 1.47 bits per heavy atom. The predicted octanol–water partition coefficient (Wildman–Crippen LogP) is 2.32. The topological polar surface area (TPSA) is 59.5 Å². The molecule has 0 amide bonds. The zero-order valence-electron chi connectivity index (χ0n) is 10.5. The van der Waals surface area contributed by atoms with Crippen molar-refractivity contribution >= 4 is 23.2 Å². The SMILES string of the molecule is Cc1c(Cl)nc2ncnn2c1N(C)Cc1ccco1. The van der Waals surface area contributed by atoms with Crippen molar-refractivity contribution in [2.24, 2.45) is 0 Å². The van der Waals surface area contributed by atoms with Crippen LogP contribution >= 0.6 is 11.6 Å². The van der Waals surface area contributed by atoms with Crippen LogP contribution in [0.25, 0.3) is 5.78 Å². The molecule has 6 nitrogen and oxygen atoms in total. The smallest absolute Gasteiger partial charge is 0.255 e. The maximum absolute atomic E-state index is 6.13. The third-order valence-corrected chi connectivity index (χ3v) is 3.28. The Morgan fingerprint density at radius 2 is 2.32 bits per heavy atom. The molecule has 3 rings (SSSR count). The fourth-order valence-corrected chi connectivity index (χ4v) is 2.20.